The van der Waals surface area contributed by atoms with Crippen LogP contribution >= 0.6 is 12.4 Å². The Morgan fingerprint density at radius 3 is 2.65 bits per heavy atom. The summed E-state index contributed by atoms with van der Waals surface area (Å²) < 4.78 is 0. The minimum atomic E-state index is -0.604. The molecule has 5 N–H and O–H groups in total. The molecule has 1 aliphatic rings. The topological polar surface area (TPSA) is 124 Å². The molecule has 2 rings (SSSR count). The van der Waals surface area contributed by atoms with Crippen LogP contribution in [0.3, 0.4) is 0 Å². The predicted octanol–water partition coefficient (Wildman–Crippen LogP) is 1.07. The van der Waals surface area contributed by atoms with Crippen molar-refractivity contribution in [1.29, 1.82) is 0 Å². The Balaban J connectivity index is 0.00000200. The van der Waals surface area contributed by atoms with E-state index in [1.807, 2.05) is 0 Å². The molecule has 8 heteroatoms. The number of hydrogen-bond donors (Lipinski definition) is 3. The van der Waals surface area contributed by atoms with Crippen LogP contribution in [-0.4, -0.2) is 23.4 Å². The second-order valence-electron chi connectivity index (χ2n) is 4.65. The molecule has 0 aromatic heterocycles. The molecule has 1 saturated carbocycles. The number of nitrogens with one attached hydrogen (secondary N) is 1. The third-order valence-electron chi connectivity index (χ3n) is 3.29. The van der Waals surface area contributed by atoms with Gasteiger partial charge < -0.3 is 16.8 Å². The van der Waals surface area contributed by atoms with Crippen LogP contribution in [0.1, 0.15) is 23.2 Å². The van der Waals surface area contributed by atoms with Gasteiger partial charge in [-0.2, -0.15) is 0 Å². The first kappa shape index (κ1) is 16.2. The van der Waals surface area contributed by atoms with E-state index in [1.54, 1.807) is 0 Å². The monoisotopic (exact) mass is 300 g/mol. The van der Waals surface area contributed by atoms with Crippen LogP contribution in [0.4, 0.5) is 11.4 Å². The van der Waals surface area contributed by atoms with E-state index in [0.29, 0.717) is 12.5 Å². The van der Waals surface area contributed by atoms with Gasteiger partial charge in [-0.05, 0) is 24.8 Å². The molecular formula is C12H17ClN4O3. The minimum Gasteiger partial charge on any atom is -0.393 e. The Labute approximate surface area is 122 Å². The van der Waals surface area contributed by atoms with Crippen molar-refractivity contribution < 1.29 is 9.72 Å². The van der Waals surface area contributed by atoms with Gasteiger partial charge in [0.25, 0.3) is 11.6 Å². The van der Waals surface area contributed by atoms with Crippen LogP contribution in [0.25, 0.3) is 0 Å². The van der Waals surface area contributed by atoms with Gasteiger partial charge in [0.05, 0.1) is 10.5 Å². The highest BCUT2D eigenvalue weighted by molar-refractivity contribution is 6.01. The van der Waals surface area contributed by atoms with E-state index >= 15 is 0 Å². The fraction of sp³-hybridized carbons (Fsp3) is 0.417. The quantitative estimate of drug-likeness (QED) is 0.426. The van der Waals surface area contributed by atoms with Crippen molar-refractivity contribution >= 4 is 29.7 Å². The SMILES string of the molecule is Cl.NCC(NC(=O)c1cccc([N+](=O)[O-])c1N)C1CC1. The van der Waals surface area contributed by atoms with Gasteiger partial charge in [-0.15, -0.1) is 12.4 Å². The summed E-state index contributed by atoms with van der Waals surface area (Å²) in [6, 6.07) is 4.09. The molecule has 0 bridgehead atoms. The van der Waals surface area contributed by atoms with E-state index in [0.717, 1.165) is 12.8 Å². The van der Waals surface area contributed by atoms with Gasteiger partial charge >= 0.3 is 0 Å². The summed E-state index contributed by atoms with van der Waals surface area (Å²) in [4.78, 5) is 22.2. The molecule has 20 heavy (non-hydrogen) atoms. The molecule has 1 aromatic rings. The Morgan fingerprint density at radius 2 is 2.15 bits per heavy atom. The van der Waals surface area contributed by atoms with Gasteiger partial charge in [-0.25, -0.2) is 0 Å². The Kier molecular flexibility index (Phi) is 5.29. The van der Waals surface area contributed by atoms with Crippen LogP contribution in [0, 0.1) is 16.0 Å². The third kappa shape index (κ3) is 3.37. The summed E-state index contributed by atoms with van der Waals surface area (Å²) in [5, 5.41) is 13.6. The van der Waals surface area contributed by atoms with E-state index in [-0.39, 0.29) is 35.4 Å². The lowest BCUT2D eigenvalue weighted by Gasteiger charge is -2.16. The van der Waals surface area contributed by atoms with Crippen molar-refractivity contribution in [3.05, 3.63) is 33.9 Å². The number of amides is 1. The van der Waals surface area contributed by atoms with Gasteiger partial charge in [0.1, 0.15) is 5.69 Å². The second-order valence-corrected chi connectivity index (χ2v) is 4.65. The molecule has 0 saturated heterocycles. The average Bonchev–Trinajstić information content (AvgIpc) is 3.19. The van der Waals surface area contributed by atoms with Crippen LogP contribution in [0.15, 0.2) is 18.2 Å². The number of benzene rings is 1. The standard InChI is InChI=1S/C12H16N4O3.ClH/c13-6-9(7-4-5-7)15-12(17)8-2-1-3-10(11(8)14)16(18)19;/h1-3,7,9H,4-6,13-14H2,(H,15,17);1H. The number of anilines is 1. The Bertz CT molecular complexity index is 519. The van der Waals surface area contributed by atoms with Crippen molar-refractivity contribution in [3.63, 3.8) is 0 Å². The predicted molar refractivity (Wildman–Crippen MR) is 77.8 cm³/mol. The summed E-state index contributed by atoms with van der Waals surface area (Å²) in [5.41, 5.74) is 11.0. The van der Waals surface area contributed by atoms with Gasteiger partial charge in [0.2, 0.25) is 0 Å². The molecular weight excluding hydrogens is 284 g/mol. The molecule has 1 aromatic carbocycles. The number of nitrogens with two attached hydrogens (primary N) is 2. The highest BCUT2D eigenvalue weighted by Gasteiger charge is 2.32. The molecule has 0 spiro atoms. The van der Waals surface area contributed by atoms with E-state index in [9.17, 15) is 14.9 Å². The minimum absolute atomic E-state index is 0. The van der Waals surface area contributed by atoms with Crippen molar-refractivity contribution in [2.75, 3.05) is 12.3 Å². The second kappa shape index (κ2) is 6.53. The number of carbonyl (C=O) groups is 1. The molecule has 0 aliphatic heterocycles. The lowest BCUT2D eigenvalue weighted by atomic mass is 10.1. The lowest BCUT2D eigenvalue weighted by Crippen LogP contribution is -2.42. The normalized spacial score (nSPS) is 15.1. The summed E-state index contributed by atoms with van der Waals surface area (Å²) in [7, 11) is 0. The number of rotatable bonds is 5. The highest BCUT2D eigenvalue weighted by Crippen LogP contribution is 2.32. The van der Waals surface area contributed by atoms with Crippen molar-refractivity contribution in [2.24, 2.45) is 11.7 Å². The number of hydrogen-bond acceptors (Lipinski definition) is 5. The van der Waals surface area contributed by atoms with Crippen LogP contribution < -0.4 is 16.8 Å². The van der Waals surface area contributed by atoms with Crippen molar-refractivity contribution in [1.82, 2.24) is 5.32 Å². The van der Waals surface area contributed by atoms with E-state index < -0.39 is 10.8 Å². The van der Waals surface area contributed by atoms with Crippen molar-refractivity contribution in [3.8, 4) is 0 Å². The molecule has 110 valence electrons. The first-order valence-corrected chi connectivity index (χ1v) is 6.08. The molecule has 1 aliphatic carbocycles. The summed E-state index contributed by atoms with van der Waals surface area (Å²) in [6.45, 7) is 0.352. The number of halogens is 1. The molecule has 1 atom stereocenters. The highest BCUT2D eigenvalue weighted by atomic mass is 35.5. The zero-order valence-electron chi connectivity index (χ0n) is 10.7. The molecule has 1 unspecified atom stereocenters. The average molecular weight is 301 g/mol. The summed E-state index contributed by atoms with van der Waals surface area (Å²) >= 11 is 0. The largest absolute Gasteiger partial charge is 0.393 e. The Morgan fingerprint density at radius 1 is 1.50 bits per heavy atom. The zero-order chi connectivity index (χ0) is 14.0. The fourth-order valence-corrected chi connectivity index (χ4v) is 2.02. The van der Waals surface area contributed by atoms with E-state index in [2.05, 4.69) is 5.32 Å². The summed E-state index contributed by atoms with van der Waals surface area (Å²) in [5.74, 6) is -0.00239. The maximum Gasteiger partial charge on any atom is 0.292 e. The van der Waals surface area contributed by atoms with Crippen LogP contribution in [0.5, 0.6) is 0 Å². The first-order valence-electron chi connectivity index (χ1n) is 6.08. The number of nitro groups is 1. The molecule has 1 fully saturated rings. The summed E-state index contributed by atoms with van der Waals surface area (Å²) in [6.07, 6.45) is 2.10. The zero-order valence-corrected chi connectivity index (χ0v) is 11.6. The fourth-order valence-electron chi connectivity index (χ4n) is 2.02. The lowest BCUT2D eigenvalue weighted by molar-refractivity contribution is -0.383. The molecule has 7 nitrogen and oxygen atoms in total. The molecule has 0 radical (unpaired) electrons. The maximum atomic E-state index is 12.1. The van der Waals surface area contributed by atoms with Crippen molar-refractivity contribution in [2.45, 2.75) is 18.9 Å². The number of nitrogens with zero attached hydrogens (tertiary/aromatic N) is 1. The number of nitrogen functional groups attached to an aromatic ring is 1. The van der Waals surface area contributed by atoms with E-state index in [4.69, 9.17) is 11.5 Å². The van der Waals surface area contributed by atoms with Gasteiger partial charge in [0.15, 0.2) is 0 Å². The van der Waals surface area contributed by atoms with Gasteiger partial charge in [-0.3, -0.25) is 14.9 Å². The molecule has 1 amide bonds. The van der Waals surface area contributed by atoms with Gasteiger partial charge in [0, 0.05) is 18.7 Å². The smallest absolute Gasteiger partial charge is 0.292 e. The molecule has 0 heterocycles. The maximum absolute atomic E-state index is 12.1. The number of nitro benzene ring substituents is 1. The van der Waals surface area contributed by atoms with Crippen LogP contribution in [-0.2, 0) is 0 Å². The number of para-hydroxylation sites is 1. The van der Waals surface area contributed by atoms with Crippen LogP contribution in [0.2, 0.25) is 0 Å². The third-order valence-corrected chi connectivity index (χ3v) is 3.29. The Hall–Kier alpha value is -1.86. The first-order chi connectivity index (χ1) is 9.04. The number of carbonyl (C=O) groups excluding carboxylic acids is 1. The van der Waals surface area contributed by atoms with Gasteiger partial charge in [-0.1, -0.05) is 6.07 Å². The van der Waals surface area contributed by atoms with E-state index in [1.165, 1.54) is 18.2 Å².